The Balaban J connectivity index is 1.32. The maximum absolute atomic E-state index is 11.8. The number of carbonyl (C=O) groups is 2. The molecule has 0 aliphatic carbocycles. The molecule has 0 aliphatic heterocycles. The summed E-state index contributed by atoms with van der Waals surface area (Å²) >= 11 is 0. The minimum Gasteiger partial charge on any atom is -0.462 e. The van der Waals surface area contributed by atoms with Crippen molar-refractivity contribution in [3.63, 3.8) is 0 Å². The Morgan fingerprint density at radius 1 is 0.600 bits per heavy atom. The van der Waals surface area contributed by atoms with E-state index in [1.54, 1.807) is 36.7 Å². The molecule has 0 aromatic carbocycles. The second kappa shape index (κ2) is 15.1. The molecule has 0 N–H and O–H groups in total. The molecular formula is C24H32N2O4. The van der Waals surface area contributed by atoms with Gasteiger partial charge in [-0.1, -0.05) is 51.4 Å². The van der Waals surface area contributed by atoms with Crippen molar-refractivity contribution in [3.05, 3.63) is 60.2 Å². The fourth-order valence-electron chi connectivity index (χ4n) is 3.08. The highest BCUT2D eigenvalue weighted by Crippen LogP contribution is 2.11. The highest BCUT2D eigenvalue weighted by atomic mass is 16.5. The molecule has 2 heterocycles. The van der Waals surface area contributed by atoms with Crippen LogP contribution in [0.4, 0.5) is 0 Å². The van der Waals surface area contributed by atoms with E-state index in [1.165, 1.54) is 50.9 Å². The van der Waals surface area contributed by atoms with Crippen LogP contribution in [0, 0.1) is 0 Å². The van der Waals surface area contributed by atoms with Gasteiger partial charge in [0.2, 0.25) is 0 Å². The SMILES string of the molecule is O=C(OCCCCCCCCCCCCOC(=O)c1cccnc1)c1cccnc1. The summed E-state index contributed by atoms with van der Waals surface area (Å²) in [6.07, 6.45) is 17.6. The van der Waals surface area contributed by atoms with E-state index in [4.69, 9.17) is 9.47 Å². The number of hydrogen-bond acceptors (Lipinski definition) is 6. The van der Waals surface area contributed by atoms with Crippen LogP contribution >= 0.6 is 0 Å². The van der Waals surface area contributed by atoms with E-state index in [0.717, 1.165) is 25.7 Å². The first-order valence-corrected chi connectivity index (χ1v) is 10.9. The third kappa shape index (κ3) is 10.1. The van der Waals surface area contributed by atoms with Crippen molar-refractivity contribution in [1.29, 1.82) is 0 Å². The Hall–Kier alpha value is -2.76. The molecule has 0 amide bonds. The number of hydrogen-bond donors (Lipinski definition) is 0. The van der Waals surface area contributed by atoms with Gasteiger partial charge in [0.15, 0.2) is 0 Å². The monoisotopic (exact) mass is 412 g/mol. The van der Waals surface area contributed by atoms with Gasteiger partial charge >= 0.3 is 11.9 Å². The van der Waals surface area contributed by atoms with Gasteiger partial charge in [-0.2, -0.15) is 0 Å². The largest absolute Gasteiger partial charge is 0.462 e. The molecule has 30 heavy (non-hydrogen) atoms. The molecule has 6 heteroatoms. The molecule has 0 atom stereocenters. The summed E-state index contributed by atoms with van der Waals surface area (Å²) in [4.78, 5) is 31.3. The van der Waals surface area contributed by atoms with Gasteiger partial charge in [-0.05, 0) is 37.1 Å². The Bertz CT molecular complexity index is 659. The average Bonchev–Trinajstić information content (AvgIpc) is 2.80. The third-order valence-corrected chi connectivity index (χ3v) is 4.80. The van der Waals surface area contributed by atoms with Crippen molar-refractivity contribution in [2.24, 2.45) is 0 Å². The number of carbonyl (C=O) groups excluding carboxylic acids is 2. The van der Waals surface area contributed by atoms with Gasteiger partial charge < -0.3 is 9.47 Å². The third-order valence-electron chi connectivity index (χ3n) is 4.80. The van der Waals surface area contributed by atoms with Crippen molar-refractivity contribution >= 4 is 11.9 Å². The molecule has 162 valence electrons. The molecule has 0 bridgehead atoms. The van der Waals surface area contributed by atoms with Crippen LogP contribution in [0.3, 0.4) is 0 Å². The molecule has 0 radical (unpaired) electrons. The van der Waals surface area contributed by atoms with Crippen LogP contribution in [0.25, 0.3) is 0 Å². The predicted molar refractivity (Wildman–Crippen MR) is 115 cm³/mol. The number of ether oxygens (including phenoxy) is 2. The molecular weight excluding hydrogens is 380 g/mol. The number of esters is 2. The summed E-state index contributed by atoms with van der Waals surface area (Å²) in [5, 5.41) is 0. The Labute approximate surface area is 179 Å². The van der Waals surface area contributed by atoms with Crippen LogP contribution in [0.2, 0.25) is 0 Å². The molecule has 0 unspecified atom stereocenters. The van der Waals surface area contributed by atoms with Gasteiger partial charge in [0.1, 0.15) is 0 Å². The maximum atomic E-state index is 11.8. The Kier molecular flexibility index (Phi) is 11.9. The molecule has 2 aromatic heterocycles. The lowest BCUT2D eigenvalue weighted by atomic mass is 10.1. The van der Waals surface area contributed by atoms with Crippen LogP contribution in [0.5, 0.6) is 0 Å². The average molecular weight is 413 g/mol. The van der Waals surface area contributed by atoms with Crippen molar-refractivity contribution in [2.45, 2.75) is 64.2 Å². The van der Waals surface area contributed by atoms with E-state index in [0.29, 0.717) is 24.3 Å². The van der Waals surface area contributed by atoms with E-state index < -0.39 is 0 Å². The van der Waals surface area contributed by atoms with E-state index in [-0.39, 0.29) is 11.9 Å². The highest BCUT2D eigenvalue weighted by molar-refractivity contribution is 5.89. The summed E-state index contributed by atoms with van der Waals surface area (Å²) in [5.74, 6) is -0.593. The lowest BCUT2D eigenvalue weighted by molar-refractivity contribution is 0.0487. The highest BCUT2D eigenvalue weighted by Gasteiger charge is 2.06. The van der Waals surface area contributed by atoms with Crippen LogP contribution in [-0.2, 0) is 9.47 Å². The van der Waals surface area contributed by atoms with Gasteiger partial charge in [-0.3, -0.25) is 9.97 Å². The number of unbranched alkanes of at least 4 members (excludes halogenated alkanes) is 9. The second-order valence-corrected chi connectivity index (χ2v) is 7.29. The van der Waals surface area contributed by atoms with Crippen LogP contribution in [0.15, 0.2) is 49.1 Å². The van der Waals surface area contributed by atoms with E-state index in [9.17, 15) is 9.59 Å². The number of aromatic nitrogens is 2. The number of pyridine rings is 2. The zero-order valence-electron chi connectivity index (χ0n) is 17.6. The zero-order valence-corrected chi connectivity index (χ0v) is 17.6. The zero-order chi connectivity index (χ0) is 21.3. The molecule has 0 saturated heterocycles. The standard InChI is InChI=1S/C24H32N2O4/c27-23(21-13-11-15-25-19-21)29-17-9-7-5-3-1-2-4-6-8-10-18-30-24(28)22-14-12-16-26-20-22/h11-16,19-20H,1-10,17-18H2. The summed E-state index contributed by atoms with van der Waals surface area (Å²) in [5.41, 5.74) is 1.01. The van der Waals surface area contributed by atoms with Gasteiger partial charge in [-0.15, -0.1) is 0 Å². The minimum absolute atomic E-state index is 0.296. The molecule has 0 spiro atoms. The first-order valence-electron chi connectivity index (χ1n) is 10.9. The molecule has 0 fully saturated rings. The van der Waals surface area contributed by atoms with Crippen LogP contribution in [-0.4, -0.2) is 35.1 Å². The lowest BCUT2D eigenvalue weighted by Gasteiger charge is -2.05. The lowest BCUT2D eigenvalue weighted by Crippen LogP contribution is -2.06. The fraction of sp³-hybridized carbons (Fsp3) is 0.500. The van der Waals surface area contributed by atoms with Crippen molar-refractivity contribution in [1.82, 2.24) is 9.97 Å². The fourth-order valence-corrected chi connectivity index (χ4v) is 3.08. The molecule has 0 saturated carbocycles. The number of nitrogens with zero attached hydrogens (tertiary/aromatic N) is 2. The van der Waals surface area contributed by atoms with Crippen molar-refractivity contribution in [3.8, 4) is 0 Å². The van der Waals surface area contributed by atoms with Gasteiger partial charge in [0.05, 0.1) is 24.3 Å². The molecule has 2 aromatic rings. The van der Waals surface area contributed by atoms with E-state index in [1.807, 2.05) is 0 Å². The Morgan fingerprint density at radius 3 is 1.30 bits per heavy atom. The predicted octanol–water partition coefficient (Wildman–Crippen LogP) is 5.39. The van der Waals surface area contributed by atoms with Crippen LogP contribution in [0.1, 0.15) is 84.9 Å². The van der Waals surface area contributed by atoms with E-state index in [2.05, 4.69) is 9.97 Å². The topological polar surface area (TPSA) is 78.4 Å². The quantitative estimate of drug-likeness (QED) is 0.288. The first-order chi connectivity index (χ1) is 14.8. The van der Waals surface area contributed by atoms with E-state index >= 15 is 0 Å². The maximum Gasteiger partial charge on any atom is 0.339 e. The summed E-state index contributed by atoms with van der Waals surface area (Å²) < 4.78 is 10.5. The second-order valence-electron chi connectivity index (χ2n) is 7.29. The normalized spacial score (nSPS) is 10.5. The van der Waals surface area contributed by atoms with Crippen molar-refractivity contribution < 1.29 is 19.1 Å². The molecule has 0 aliphatic rings. The van der Waals surface area contributed by atoms with Crippen molar-refractivity contribution in [2.75, 3.05) is 13.2 Å². The number of rotatable bonds is 15. The first kappa shape index (κ1) is 23.5. The molecule has 6 nitrogen and oxygen atoms in total. The summed E-state index contributed by atoms with van der Waals surface area (Å²) in [6.45, 7) is 0.943. The Morgan fingerprint density at radius 2 is 0.967 bits per heavy atom. The molecule has 2 rings (SSSR count). The van der Waals surface area contributed by atoms with Gasteiger partial charge in [0, 0.05) is 24.8 Å². The minimum atomic E-state index is -0.296. The van der Waals surface area contributed by atoms with Gasteiger partial charge in [-0.25, -0.2) is 9.59 Å². The van der Waals surface area contributed by atoms with Gasteiger partial charge in [0.25, 0.3) is 0 Å². The smallest absolute Gasteiger partial charge is 0.339 e. The van der Waals surface area contributed by atoms with Crippen LogP contribution < -0.4 is 0 Å². The summed E-state index contributed by atoms with van der Waals surface area (Å²) in [6, 6.07) is 6.89. The summed E-state index contributed by atoms with van der Waals surface area (Å²) in [7, 11) is 0.